The zero-order valence-electron chi connectivity index (χ0n) is 15.7. The molecule has 26 heavy (non-hydrogen) atoms. The highest BCUT2D eigenvalue weighted by molar-refractivity contribution is 5.74. The molecule has 2 fully saturated rings. The number of hydrogen-bond acceptors (Lipinski definition) is 3. The van der Waals surface area contributed by atoms with Crippen LogP contribution in [0.4, 0.5) is 4.79 Å². The van der Waals surface area contributed by atoms with E-state index in [1.54, 1.807) is 0 Å². The number of piperidine rings is 1. The van der Waals surface area contributed by atoms with Crippen molar-refractivity contribution in [2.45, 2.75) is 45.1 Å². The van der Waals surface area contributed by atoms with E-state index >= 15 is 0 Å². The summed E-state index contributed by atoms with van der Waals surface area (Å²) >= 11 is 0. The first kappa shape index (κ1) is 17.3. The molecule has 0 aromatic carbocycles. The summed E-state index contributed by atoms with van der Waals surface area (Å²) in [5.41, 5.74) is 3.16. The Bertz CT molecular complexity index is 765. The van der Waals surface area contributed by atoms with E-state index in [-0.39, 0.29) is 6.03 Å². The number of urea groups is 1. The van der Waals surface area contributed by atoms with Crippen molar-refractivity contribution in [1.29, 1.82) is 0 Å². The van der Waals surface area contributed by atoms with Crippen molar-refractivity contribution in [2.75, 3.05) is 32.7 Å². The van der Waals surface area contributed by atoms with E-state index in [9.17, 15) is 4.79 Å². The van der Waals surface area contributed by atoms with Gasteiger partial charge in [-0.1, -0.05) is 12.5 Å². The number of amides is 2. The standard InChI is InChI=1S/C20H29N5O/c1-16-6-5-7-19-22-17(14-25(16)19)8-10-21-20(26)24-13-9-18(15-24)23-11-3-2-4-12-23/h5-7,14,18H,2-4,8-13,15H2,1H3,(H,21,26). The van der Waals surface area contributed by atoms with Crippen LogP contribution < -0.4 is 5.32 Å². The number of carbonyl (C=O) groups excluding carboxylic acids is 1. The molecule has 2 amide bonds. The largest absolute Gasteiger partial charge is 0.338 e. The molecule has 4 heterocycles. The van der Waals surface area contributed by atoms with Gasteiger partial charge in [0.2, 0.25) is 0 Å². The second-order valence-corrected chi connectivity index (χ2v) is 7.59. The van der Waals surface area contributed by atoms with Gasteiger partial charge in [-0.2, -0.15) is 0 Å². The van der Waals surface area contributed by atoms with Crippen LogP contribution in [0.15, 0.2) is 24.4 Å². The van der Waals surface area contributed by atoms with Crippen molar-refractivity contribution in [3.05, 3.63) is 35.8 Å². The molecule has 2 aliphatic heterocycles. The first-order valence-corrected chi connectivity index (χ1v) is 9.91. The number of hydrogen-bond donors (Lipinski definition) is 1. The van der Waals surface area contributed by atoms with Gasteiger partial charge < -0.3 is 14.6 Å². The zero-order valence-corrected chi connectivity index (χ0v) is 15.7. The van der Waals surface area contributed by atoms with Gasteiger partial charge in [0.1, 0.15) is 5.65 Å². The Labute approximate surface area is 155 Å². The molecule has 6 nitrogen and oxygen atoms in total. The molecule has 0 radical (unpaired) electrons. The van der Waals surface area contributed by atoms with Crippen LogP contribution in [0.1, 0.15) is 37.1 Å². The van der Waals surface area contributed by atoms with Crippen LogP contribution >= 0.6 is 0 Å². The van der Waals surface area contributed by atoms with Crippen LogP contribution in [0.3, 0.4) is 0 Å². The third-order valence-electron chi connectivity index (χ3n) is 5.76. The van der Waals surface area contributed by atoms with E-state index in [1.165, 1.54) is 38.0 Å². The van der Waals surface area contributed by atoms with Gasteiger partial charge in [-0.3, -0.25) is 4.90 Å². The van der Waals surface area contributed by atoms with Gasteiger partial charge in [-0.05, 0) is 51.4 Å². The number of aryl methyl sites for hydroxylation is 1. The fraction of sp³-hybridized carbons (Fsp3) is 0.600. The Kier molecular flexibility index (Phi) is 5.11. The van der Waals surface area contributed by atoms with E-state index < -0.39 is 0 Å². The average Bonchev–Trinajstić information content (AvgIpc) is 3.30. The van der Waals surface area contributed by atoms with Crippen molar-refractivity contribution in [3.8, 4) is 0 Å². The summed E-state index contributed by atoms with van der Waals surface area (Å²) in [6.45, 7) is 6.86. The highest BCUT2D eigenvalue weighted by Crippen LogP contribution is 2.20. The van der Waals surface area contributed by atoms with E-state index in [0.717, 1.165) is 37.3 Å². The summed E-state index contributed by atoms with van der Waals surface area (Å²) in [6.07, 6.45) is 7.91. The minimum atomic E-state index is 0.0736. The third kappa shape index (κ3) is 3.70. The summed E-state index contributed by atoms with van der Waals surface area (Å²) in [4.78, 5) is 21.7. The van der Waals surface area contributed by atoms with Gasteiger partial charge in [0.15, 0.2) is 0 Å². The van der Waals surface area contributed by atoms with Crippen molar-refractivity contribution >= 4 is 11.7 Å². The summed E-state index contributed by atoms with van der Waals surface area (Å²) in [7, 11) is 0. The molecule has 2 aromatic heterocycles. The van der Waals surface area contributed by atoms with E-state index in [4.69, 9.17) is 0 Å². The van der Waals surface area contributed by atoms with E-state index in [0.29, 0.717) is 12.6 Å². The van der Waals surface area contributed by atoms with Gasteiger partial charge >= 0.3 is 6.03 Å². The van der Waals surface area contributed by atoms with Crippen molar-refractivity contribution in [1.82, 2.24) is 24.5 Å². The van der Waals surface area contributed by atoms with Crippen LogP contribution in [0.2, 0.25) is 0 Å². The monoisotopic (exact) mass is 355 g/mol. The Balaban J connectivity index is 1.25. The van der Waals surface area contributed by atoms with Crippen molar-refractivity contribution in [3.63, 3.8) is 0 Å². The maximum absolute atomic E-state index is 12.5. The Morgan fingerprint density at radius 2 is 2.08 bits per heavy atom. The molecule has 2 aliphatic rings. The lowest BCUT2D eigenvalue weighted by atomic mass is 10.1. The van der Waals surface area contributed by atoms with E-state index in [1.807, 2.05) is 17.0 Å². The minimum absolute atomic E-state index is 0.0736. The average molecular weight is 355 g/mol. The molecule has 0 aliphatic carbocycles. The number of fused-ring (bicyclic) bond motifs is 1. The topological polar surface area (TPSA) is 52.9 Å². The van der Waals surface area contributed by atoms with Crippen LogP contribution in [-0.4, -0.2) is 64.0 Å². The van der Waals surface area contributed by atoms with Crippen LogP contribution in [0, 0.1) is 6.92 Å². The first-order valence-electron chi connectivity index (χ1n) is 9.91. The molecule has 1 N–H and O–H groups in total. The first-order chi connectivity index (χ1) is 12.7. The molecule has 0 saturated carbocycles. The molecule has 6 heteroatoms. The summed E-state index contributed by atoms with van der Waals surface area (Å²) < 4.78 is 2.10. The Hall–Kier alpha value is -2.08. The minimum Gasteiger partial charge on any atom is -0.338 e. The fourth-order valence-electron chi connectivity index (χ4n) is 4.24. The number of nitrogens with one attached hydrogen (secondary N) is 1. The molecule has 140 valence electrons. The third-order valence-corrected chi connectivity index (χ3v) is 5.76. The van der Waals surface area contributed by atoms with Gasteiger partial charge in [-0.25, -0.2) is 9.78 Å². The lowest BCUT2D eigenvalue weighted by Crippen LogP contribution is -2.44. The van der Waals surface area contributed by atoms with Gasteiger partial charge in [0, 0.05) is 44.0 Å². The van der Waals surface area contributed by atoms with Gasteiger partial charge in [-0.15, -0.1) is 0 Å². The predicted octanol–water partition coefficient (Wildman–Crippen LogP) is 2.46. The molecule has 0 bridgehead atoms. The van der Waals surface area contributed by atoms with Crippen LogP contribution in [-0.2, 0) is 6.42 Å². The molecule has 1 unspecified atom stereocenters. The molecule has 2 aromatic rings. The van der Waals surface area contributed by atoms with Crippen LogP contribution in [0.25, 0.3) is 5.65 Å². The number of rotatable bonds is 4. The zero-order chi connectivity index (χ0) is 17.9. The number of nitrogens with zero attached hydrogens (tertiary/aromatic N) is 4. The summed E-state index contributed by atoms with van der Waals surface area (Å²) in [6, 6.07) is 6.74. The summed E-state index contributed by atoms with van der Waals surface area (Å²) in [5, 5.41) is 3.07. The fourth-order valence-corrected chi connectivity index (χ4v) is 4.24. The second-order valence-electron chi connectivity index (χ2n) is 7.59. The molecular weight excluding hydrogens is 326 g/mol. The lowest BCUT2D eigenvalue weighted by Gasteiger charge is -2.32. The lowest BCUT2D eigenvalue weighted by molar-refractivity contribution is 0.161. The number of aromatic nitrogens is 2. The Morgan fingerprint density at radius 1 is 1.23 bits per heavy atom. The molecule has 0 spiro atoms. The molecule has 2 saturated heterocycles. The molecule has 1 atom stereocenters. The predicted molar refractivity (Wildman–Crippen MR) is 102 cm³/mol. The molecule has 4 rings (SSSR count). The molecular formula is C20H29N5O. The Morgan fingerprint density at radius 3 is 2.88 bits per heavy atom. The second kappa shape index (κ2) is 7.66. The van der Waals surface area contributed by atoms with Crippen molar-refractivity contribution < 1.29 is 4.79 Å². The maximum Gasteiger partial charge on any atom is 0.317 e. The van der Waals surface area contributed by atoms with Crippen LogP contribution in [0.5, 0.6) is 0 Å². The summed E-state index contributed by atoms with van der Waals surface area (Å²) in [5.74, 6) is 0. The van der Waals surface area contributed by atoms with Gasteiger partial charge in [0.05, 0.1) is 5.69 Å². The van der Waals surface area contributed by atoms with E-state index in [2.05, 4.69) is 38.8 Å². The highest BCUT2D eigenvalue weighted by atomic mass is 16.2. The number of likely N-dealkylation sites (tertiary alicyclic amines) is 2. The smallest absolute Gasteiger partial charge is 0.317 e. The normalized spacial score (nSPS) is 21.4. The number of imidazole rings is 1. The highest BCUT2D eigenvalue weighted by Gasteiger charge is 2.30. The SMILES string of the molecule is Cc1cccc2nc(CCNC(=O)N3CCC(N4CCCCC4)C3)cn12. The quantitative estimate of drug-likeness (QED) is 0.917. The van der Waals surface area contributed by atoms with Gasteiger partial charge in [0.25, 0.3) is 0 Å². The number of carbonyl (C=O) groups is 1. The van der Waals surface area contributed by atoms with Crippen molar-refractivity contribution in [2.24, 2.45) is 0 Å². The maximum atomic E-state index is 12.5. The number of pyridine rings is 1.